The average Bonchev–Trinajstić information content (AvgIpc) is 3.35. The number of rotatable bonds is 13. The third kappa shape index (κ3) is 6.86. The lowest BCUT2D eigenvalue weighted by molar-refractivity contribution is -0.119. The number of hydrogen-bond acceptors (Lipinski definition) is 7. The summed E-state index contributed by atoms with van der Waals surface area (Å²) < 4.78 is 2.01. The molecule has 0 saturated heterocycles. The van der Waals surface area contributed by atoms with Crippen molar-refractivity contribution in [2.24, 2.45) is 0 Å². The van der Waals surface area contributed by atoms with Gasteiger partial charge in [0, 0.05) is 61.1 Å². The second-order valence-electron chi connectivity index (χ2n) is 10.7. The van der Waals surface area contributed by atoms with Crippen molar-refractivity contribution in [2.45, 2.75) is 40.2 Å². The quantitative estimate of drug-likeness (QED) is 0.197. The van der Waals surface area contributed by atoms with Gasteiger partial charge in [-0.05, 0) is 62.8 Å². The molecule has 0 atom stereocenters. The Morgan fingerprint density at radius 2 is 1.83 bits per heavy atom. The first-order valence-electron chi connectivity index (χ1n) is 14.3. The number of hydrogen-bond donors (Lipinski definition) is 2. The normalized spacial score (nSPS) is 11.1. The predicted molar refractivity (Wildman–Crippen MR) is 173 cm³/mol. The van der Waals surface area contributed by atoms with E-state index in [9.17, 15) is 9.59 Å². The number of carbonyl (C=O) groups excluding carboxylic acids is 2. The number of para-hydroxylation sites is 1. The van der Waals surface area contributed by atoms with Gasteiger partial charge in [-0.1, -0.05) is 38.6 Å². The molecule has 220 valence electrons. The van der Waals surface area contributed by atoms with Gasteiger partial charge in [-0.25, -0.2) is 9.97 Å². The van der Waals surface area contributed by atoms with Crippen LogP contribution in [0.15, 0.2) is 61.4 Å². The molecule has 2 aromatic heterocycles. The van der Waals surface area contributed by atoms with Crippen molar-refractivity contribution in [3.8, 4) is 11.3 Å². The van der Waals surface area contributed by atoms with Crippen LogP contribution in [0.5, 0.6) is 0 Å². The summed E-state index contributed by atoms with van der Waals surface area (Å²) in [6.07, 6.45) is 6.39. The molecule has 9 heteroatoms. The third-order valence-electron chi connectivity index (χ3n) is 7.36. The second-order valence-corrected chi connectivity index (χ2v) is 10.7. The fourth-order valence-electron chi connectivity index (χ4n) is 4.84. The lowest BCUT2D eigenvalue weighted by Crippen LogP contribution is -2.29. The molecule has 0 fully saturated rings. The van der Waals surface area contributed by atoms with Crippen LogP contribution in [0.4, 0.5) is 23.0 Å². The molecule has 2 N–H and O–H groups in total. The molecule has 4 rings (SSSR count). The van der Waals surface area contributed by atoms with Gasteiger partial charge in [-0.3, -0.25) is 9.59 Å². The number of benzene rings is 2. The number of nitrogens with one attached hydrogen (secondary N) is 2. The molecule has 0 unspecified atom stereocenters. The van der Waals surface area contributed by atoms with Crippen LogP contribution in [0.2, 0.25) is 0 Å². The van der Waals surface area contributed by atoms with Gasteiger partial charge in [0.05, 0.1) is 23.6 Å². The number of fused-ring (bicyclic) bond motifs is 1. The Morgan fingerprint density at radius 1 is 1.07 bits per heavy atom. The Morgan fingerprint density at radius 3 is 2.52 bits per heavy atom. The van der Waals surface area contributed by atoms with Crippen molar-refractivity contribution < 1.29 is 9.59 Å². The molecular weight excluding hydrogens is 526 g/mol. The summed E-state index contributed by atoms with van der Waals surface area (Å²) in [5.74, 6) is 0.339. The van der Waals surface area contributed by atoms with E-state index in [1.54, 1.807) is 0 Å². The van der Waals surface area contributed by atoms with E-state index in [4.69, 9.17) is 4.98 Å². The Hall–Kier alpha value is -4.50. The molecule has 0 aliphatic heterocycles. The minimum atomic E-state index is -0.282. The van der Waals surface area contributed by atoms with E-state index in [-0.39, 0.29) is 11.7 Å². The number of Topliss-reactive ketones (excluding diaryl/α,β-unsaturated/α-hetero) is 1. The van der Waals surface area contributed by atoms with Gasteiger partial charge in [0.2, 0.25) is 11.9 Å². The van der Waals surface area contributed by atoms with E-state index in [0.717, 1.165) is 64.2 Å². The molecule has 4 aromatic rings. The fraction of sp³-hybridized carbons (Fsp3) is 0.333. The number of carbonyl (C=O) groups is 2. The first-order valence-corrected chi connectivity index (χ1v) is 14.3. The molecule has 2 aromatic carbocycles. The summed E-state index contributed by atoms with van der Waals surface area (Å²) in [5.41, 5.74) is 7.14. The van der Waals surface area contributed by atoms with E-state index < -0.39 is 0 Å². The van der Waals surface area contributed by atoms with E-state index in [0.29, 0.717) is 24.6 Å². The van der Waals surface area contributed by atoms with Gasteiger partial charge < -0.3 is 25.0 Å². The Labute approximate surface area is 248 Å². The second kappa shape index (κ2) is 13.4. The molecule has 42 heavy (non-hydrogen) atoms. The summed E-state index contributed by atoms with van der Waals surface area (Å²) in [5, 5.41) is 7.39. The molecule has 2 heterocycles. The van der Waals surface area contributed by atoms with Gasteiger partial charge in [0.25, 0.3) is 0 Å². The highest BCUT2D eigenvalue weighted by atomic mass is 16.1. The molecule has 0 aliphatic carbocycles. The number of aryl methyl sites for hydroxylation is 2. The van der Waals surface area contributed by atoms with E-state index in [2.05, 4.69) is 51.1 Å². The first kappa shape index (κ1) is 30.5. The maximum Gasteiger partial charge on any atom is 0.247 e. The van der Waals surface area contributed by atoms with E-state index in [1.165, 1.54) is 6.08 Å². The zero-order chi connectivity index (χ0) is 30.4. The average molecular weight is 568 g/mol. The number of ketones is 1. The zero-order valence-corrected chi connectivity index (χ0v) is 25.5. The Bertz CT molecular complexity index is 1610. The SMILES string of the molecule is C=CC(=O)Nc1cc(Nc2ncc(CC)c(-c3cn(CC(=O)CC)c4ccccc34)n2)c(C)cc1N(C)CCN(C)C. The molecular formula is C33H41N7O2. The van der Waals surface area contributed by atoms with Crippen molar-refractivity contribution in [2.75, 3.05) is 49.8 Å². The van der Waals surface area contributed by atoms with Gasteiger partial charge in [-0.2, -0.15) is 0 Å². The summed E-state index contributed by atoms with van der Waals surface area (Å²) in [4.78, 5) is 38.5. The van der Waals surface area contributed by atoms with Gasteiger partial charge in [-0.15, -0.1) is 0 Å². The summed E-state index contributed by atoms with van der Waals surface area (Å²) in [7, 11) is 6.08. The van der Waals surface area contributed by atoms with Crippen LogP contribution < -0.4 is 15.5 Å². The van der Waals surface area contributed by atoms with Gasteiger partial charge >= 0.3 is 0 Å². The highest BCUT2D eigenvalue weighted by Gasteiger charge is 2.18. The number of anilines is 4. The fourth-order valence-corrected chi connectivity index (χ4v) is 4.84. The van der Waals surface area contributed by atoms with E-state index in [1.807, 2.05) is 76.2 Å². The standard InChI is InChI=1S/C33H41N7O2/c1-8-23-19-34-33(37-32(23)26-21-40(20-24(41)9-2)29-14-12-11-13-25(26)29)36-27-18-28(35-31(42)10-3)30(17-22(27)4)39(7)16-15-38(5)6/h10-14,17-19,21H,3,8-9,15-16,20H2,1-2,4-7H3,(H,35,42)(H,34,36,37). The van der Waals surface area contributed by atoms with Crippen LogP contribution >= 0.6 is 0 Å². The van der Waals surface area contributed by atoms with Crippen molar-refractivity contribution >= 4 is 45.6 Å². The maximum absolute atomic E-state index is 12.3. The number of nitrogens with zero attached hydrogens (tertiary/aromatic N) is 5. The Balaban J connectivity index is 1.75. The summed E-state index contributed by atoms with van der Waals surface area (Å²) in [6.45, 7) is 11.6. The van der Waals surface area contributed by atoms with Crippen LogP contribution in [0.3, 0.4) is 0 Å². The molecule has 0 bridgehead atoms. The smallest absolute Gasteiger partial charge is 0.247 e. The molecule has 1 amide bonds. The Kier molecular flexibility index (Phi) is 9.75. The molecule has 9 nitrogen and oxygen atoms in total. The number of likely N-dealkylation sites (N-methyl/N-ethyl adjacent to an activating group) is 2. The molecule has 0 aliphatic rings. The van der Waals surface area contributed by atoms with Crippen LogP contribution in [0.1, 0.15) is 31.4 Å². The first-order chi connectivity index (χ1) is 20.1. The lowest BCUT2D eigenvalue weighted by atomic mass is 10.0. The van der Waals surface area contributed by atoms with Crippen LogP contribution in [-0.4, -0.2) is 65.4 Å². The van der Waals surface area contributed by atoms with E-state index >= 15 is 0 Å². The largest absolute Gasteiger partial charge is 0.372 e. The molecule has 0 spiro atoms. The molecule has 0 radical (unpaired) electrons. The highest BCUT2D eigenvalue weighted by Crippen LogP contribution is 2.35. The zero-order valence-electron chi connectivity index (χ0n) is 25.5. The summed E-state index contributed by atoms with van der Waals surface area (Å²) in [6, 6.07) is 12.1. The van der Waals surface area contributed by atoms with Crippen LogP contribution in [0, 0.1) is 6.92 Å². The van der Waals surface area contributed by atoms with Gasteiger partial charge in [0.1, 0.15) is 0 Å². The van der Waals surface area contributed by atoms with Crippen molar-refractivity contribution in [1.82, 2.24) is 19.4 Å². The molecule has 0 saturated carbocycles. The van der Waals surface area contributed by atoms with Crippen molar-refractivity contribution in [3.05, 3.63) is 72.6 Å². The number of aromatic nitrogens is 3. The minimum absolute atomic E-state index is 0.175. The monoisotopic (exact) mass is 567 g/mol. The number of amides is 1. The highest BCUT2D eigenvalue weighted by molar-refractivity contribution is 6.02. The minimum Gasteiger partial charge on any atom is -0.372 e. The van der Waals surface area contributed by atoms with Gasteiger partial charge in [0.15, 0.2) is 5.78 Å². The topological polar surface area (TPSA) is 95.4 Å². The lowest BCUT2D eigenvalue weighted by Gasteiger charge is -2.25. The van der Waals surface area contributed by atoms with Crippen LogP contribution in [-0.2, 0) is 22.6 Å². The van der Waals surface area contributed by atoms with Crippen molar-refractivity contribution in [1.29, 1.82) is 0 Å². The third-order valence-corrected chi connectivity index (χ3v) is 7.36. The maximum atomic E-state index is 12.3. The summed E-state index contributed by atoms with van der Waals surface area (Å²) >= 11 is 0. The van der Waals surface area contributed by atoms with Crippen LogP contribution in [0.25, 0.3) is 22.2 Å². The van der Waals surface area contributed by atoms with Crippen molar-refractivity contribution in [3.63, 3.8) is 0 Å². The predicted octanol–water partition coefficient (Wildman–Crippen LogP) is 5.81.